The van der Waals surface area contributed by atoms with Gasteiger partial charge in [0.05, 0.1) is 6.10 Å². The fourth-order valence-corrected chi connectivity index (χ4v) is 2.80. The van der Waals surface area contributed by atoms with Crippen molar-refractivity contribution >= 4 is 5.91 Å². The molecule has 1 atom stereocenters. The van der Waals surface area contributed by atoms with Crippen LogP contribution < -0.4 is 5.32 Å². The maximum Gasteiger partial charge on any atom is 0.271 e. The Balaban J connectivity index is 0.00000109. The van der Waals surface area contributed by atoms with Crippen LogP contribution in [-0.4, -0.2) is 51.8 Å². The SMILES string of the molecule is CC.O=C(NC[C@H](O)CN1CCc2ccccc2C1)c1cccnn1. The summed E-state index contributed by atoms with van der Waals surface area (Å²) in [4.78, 5) is 14.1. The van der Waals surface area contributed by atoms with Gasteiger partial charge in [-0.05, 0) is 29.7 Å². The van der Waals surface area contributed by atoms with Crippen LogP contribution in [-0.2, 0) is 13.0 Å². The van der Waals surface area contributed by atoms with E-state index in [1.807, 2.05) is 19.9 Å². The number of benzene rings is 1. The summed E-state index contributed by atoms with van der Waals surface area (Å²) in [5.74, 6) is -0.318. The topological polar surface area (TPSA) is 78.4 Å². The first-order valence-electron chi connectivity index (χ1n) is 8.75. The van der Waals surface area contributed by atoms with Crippen LogP contribution in [0.15, 0.2) is 42.6 Å². The number of nitrogens with zero attached hydrogens (tertiary/aromatic N) is 3. The van der Waals surface area contributed by atoms with E-state index in [1.165, 1.54) is 17.3 Å². The molecule has 2 aromatic rings. The van der Waals surface area contributed by atoms with Crippen molar-refractivity contribution in [2.45, 2.75) is 32.9 Å². The molecule has 1 aromatic carbocycles. The van der Waals surface area contributed by atoms with Gasteiger partial charge in [0, 0.05) is 32.4 Å². The van der Waals surface area contributed by atoms with E-state index in [9.17, 15) is 9.90 Å². The lowest BCUT2D eigenvalue weighted by Gasteiger charge is -2.30. The molecule has 1 aliphatic rings. The number of hydrogen-bond acceptors (Lipinski definition) is 5. The standard InChI is InChI=1S/C17H20N4O2.C2H6/c22-15(10-18-17(23)16-6-3-8-19-20-16)12-21-9-7-13-4-1-2-5-14(13)11-21;1-2/h1-6,8,15,22H,7,9-12H2,(H,18,23);1-2H3/t15-;/m0./s1. The summed E-state index contributed by atoms with van der Waals surface area (Å²) < 4.78 is 0. The molecule has 0 aliphatic carbocycles. The van der Waals surface area contributed by atoms with Gasteiger partial charge in [-0.1, -0.05) is 38.1 Å². The number of rotatable bonds is 5. The zero-order valence-electron chi connectivity index (χ0n) is 14.9. The van der Waals surface area contributed by atoms with Crippen LogP contribution in [0.3, 0.4) is 0 Å². The van der Waals surface area contributed by atoms with Crippen molar-refractivity contribution in [3.05, 3.63) is 59.4 Å². The molecule has 0 saturated heterocycles. The second kappa shape index (κ2) is 9.86. The van der Waals surface area contributed by atoms with Gasteiger partial charge < -0.3 is 10.4 Å². The lowest BCUT2D eigenvalue weighted by Crippen LogP contribution is -2.42. The third kappa shape index (κ3) is 5.62. The Morgan fingerprint density at radius 2 is 2.00 bits per heavy atom. The third-order valence-corrected chi connectivity index (χ3v) is 3.98. The summed E-state index contributed by atoms with van der Waals surface area (Å²) in [5.41, 5.74) is 2.95. The van der Waals surface area contributed by atoms with Crippen molar-refractivity contribution in [2.75, 3.05) is 19.6 Å². The lowest BCUT2D eigenvalue weighted by molar-refractivity contribution is 0.0837. The van der Waals surface area contributed by atoms with Crippen molar-refractivity contribution in [1.82, 2.24) is 20.4 Å². The molecule has 0 saturated carbocycles. The fourth-order valence-electron chi connectivity index (χ4n) is 2.80. The second-order valence-corrected chi connectivity index (χ2v) is 5.73. The highest BCUT2D eigenvalue weighted by molar-refractivity contribution is 5.91. The van der Waals surface area contributed by atoms with E-state index in [-0.39, 0.29) is 18.1 Å². The smallest absolute Gasteiger partial charge is 0.271 e. The van der Waals surface area contributed by atoms with Gasteiger partial charge >= 0.3 is 0 Å². The number of aliphatic hydroxyl groups excluding tert-OH is 1. The normalized spacial score (nSPS) is 14.7. The average Bonchev–Trinajstić information content (AvgIpc) is 2.68. The summed E-state index contributed by atoms with van der Waals surface area (Å²) in [6, 6.07) is 11.6. The Kier molecular flexibility index (Phi) is 7.50. The van der Waals surface area contributed by atoms with Crippen molar-refractivity contribution in [3.63, 3.8) is 0 Å². The van der Waals surface area contributed by atoms with Crippen molar-refractivity contribution in [3.8, 4) is 0 Å². The fraction of sp³-hybridized carbons (Fsp3) is 0.421. The maximum absolute atomic E-state index is 11.9. The molecule has 0 unspecified atom stereocenters. The van der Waals surface area contributed by atoms with Gasteiger partial charge in [0.2, 0.25) is 0 Å². The van der Waals surface area contributed by atoms with E-state index >= 15 is 0 Å². The number of hydrogen-bond donors (Lipinski definition) is 2. The molecular weight excluding hydrogens is 316 g/mol. The predicted molar refractivity (Wildman–Crippen MR) is 97.1 cm³/mol. The second-order valence-electron chi connectivity index (χ2n) is 5.73. The van der Waals surface area contributed by atoms with Gasteiger partial charge in [0.1, 0.15) is 0 Å². The molecule has 134 valence electrons. The molecule has 0 bridgehead atoms. The van der Waals surface area contributed by atoms with Crippen LogP contribution in [0, 0.1) is 0 Å². The largest absolute Gasteiger partial charge is 0.390 e. The number of aliphatic hydroxyl groups is 1. The minimum atomic E-state index is -0.610. The van der Waals surface area contributed by atoms with E-state index in [4.69, 9.17) is 0 Å². The molecule has 1 aliphatic heterocycles. The number of carbonyl (C=O) groups is 1. The first-order chi connectivity index (χ1) is 12.2. The number of nitrogens with one attached hydrogen (secondary N) is 1. The molecule has 2 N–H and O–H groups in total. The van der Waals surface area contributed by atoms with Crippen molar-refractivity contribution < 1.29 is 9.90 Å². The Morgan fingerprint density at radius 1 is 1.24 bits per heavy atom. The monoisotopic (exact) mass is 342 g/mol. The number of aromatic nitrogens is 2. The summed E-state index contributed by atoms with van der Waals surface area (Å²) in [7, 11) is 0. The van der Waals surface area contributed by atoms with Crippen LogP contribution in [0.4, 0.5) is 0 Å². The number of carbonyl (C=O) groups excluding carboxylic acids is 1. The molecule has 2 heterocycles. The van der Waals surface area contributed by atoms with E-state index in [2.05, 4.69) is 38.6 Å². The number of β-amino-alcohol motifs (C(OH)–C–C–N with tert-alkyl or cyclic N) is 1. The molecule has 1 aromatic heterocycles. The van der Waals surface area contributed by atoms with Gasteiger partial charge in [-0.25, -0.2) is 0 Å². The highest BCUT2D eigenvalue weighted by Gasteiger charge is 2.19. The van der Waals surface area contributed by atoms with Gasteiger partial charge in [-0.2, -0.15) is 5.10 Å². The van der Waals surface area contributed by atoms with Crippen LogP contribution in [0.1, 0.15) is 35.5 Å². The summed E-state index contributed by atoms with van der Waals surface area (Å²) >= 11 is 0. The Labute approximate surface area is 148 Å². The molecule has 0 spiro atoms. The number of amides is 1. The lowest BCUT2D eigenvalue weighted by atomic mass is 10.00. The van der Waals surface area contributed by atoms with Gasteiger partial charge in [0.25, 0.3) is 5.91 Å². The van der Waals surface area contributed by atoms with Crippen LogP contribution >= 0.6 is 0 Å². The van der Waals surface area contributed by atoms with Crippen molar-refractivity contribution in [1.29, 1.82) is 0 Å². The molecule has 3 rings (SSSR count). The molecular formula is C19H26N4O2. The van der Waals surface area contributed by atoms with Gasteiger partial charge in [0.15, 0.2) is 5.69 Å². The van der Waals surface area contributed by atoms with Crippen molar-refractivity contribution in [2.24, 2.45) is 0 Å². The molecule has 0 radical (unpaired) electrons. The highest BCUT2D eigenvalue weighted by atomic mass is 16.3. The molecule has 6 heteroatoms. The Morgan fingerprint density at radius 3 is 2.72 bits per heavy atom. The minimum Gasteiger partial charge on any atom is -0.390 e. The average molecular weight is 342 g/mol. The molecule has 6 nitrogen and oxygen atoms in total. The quantitative estimate of drug-likeness (QED) is 0.864. The molecule has 25 heavy (non-hydrogen) atoms. The zero-order valence-corrected chi connectivity index (χ0v) is 14.9. The molecule has 1 amide bonds. The molecule has 0 fully saturated rings. The third-order valence-electron chi connectivity index (χ3n) is 3.98. The van der Waals surface area contributed by atoms with Gasteiger partial charge in [-0.15, -0.1) is 5.10 Å². The summed E-state index contributed by atoms with van der Waals surface area (Å²) in [6.45, 7) is 6.50. The van der Waals surface area contributed by atoms with E-state index in [0.717, 1.165) is 19.5 Å². The van der Waals surface area contributed by atoms with E-state index in [0.29, 0.717) is 6.54 Å². The summed E-state index contributed by atoms with van der Waals surface area (Å²) in [6.07, 6.45) is 1.90. The first kappa shape index (κ1) is 19.0. The van der Waals surface area contributed by atoms with Crippen LogP contribution in [0.25, 0.3) is 0 Å². The highest BCUT2D eigenvalue weighted by Crippen LogP contribution is 2.18. The summed E-state index contributed by atoms with van der Waals surface area (Å²) in [5, 5.41) is 20.3. The van der Waals surface area contributed by atoms with E-state index < -0.39 is 6.10 Å². The maximum atomic E-state index is 11.9. The van der Waals surface area contributed by atoms with E-state index in [1.54, 1.807) is 12.1 Å². The first-order valence-corrected chi connectivity index (χ1v) is 8.75. The van der Waals surface area contributed by atoms with Crippen LogP contribution in [0.2, 0.25) is 0 Å². The minimum absolute atomic E-state index is 0.202. The Hall–Kier alpha value is -2.31. The zero-order chi connectivity index (χ0) is 18.1. The Bertz CT molecular complexity index is 663. The van der Waals surface area contributed by atoms with Crippen LogP contribution in [0.5, 0.6) is 0 Å². The predicted octanol–water partition coefficient (Wildman–Crippen LogP) is 1.65. The van der Waals surface area contributed by atoms with Gasteiger partial charge in [-0.3, -0.25) is 9.69 Å². The number of fused-ring (bicyclic) bond motifs is 1.